The Bertz CT molecular complexity index is 1070. The maximum absolute atomic E-state index is 11.6. The molecular weight excluding hydrogens is 382 g/mol. The van der Waals surface area contributed by atoms with Crippen molar-refractivity contribution in [2.45, 2.75) is 26.6 Å². The zero-order valence-electron chi connectivity index (χ0n) is 16.8. The van der Waals surface area contributed by atoms with Crippen LogP contribution in [0.2, 0.25) is 0 Å². The fourth-order valence-electron chi connectivity index (χ4n) is 3.24. The number of hydrogen-bond donors (Lipinski definition) is 3. The minimum atomic E-state index is -0.743. The van der Waals surface area contributed by atoms with Crippen LogP contribution < -0.4 is 11.1 Å². The van der Waals surface area contributed by atoms with Gasteiger partial charge in [0.2, 0.25) is 0 Å². The molecule has 1 aliphatic heterocycles. The number of esters is 1. The van der Waals surface area contributed by atoms with Crippen molar-refractivity contribution in [3.63, 3.8) is 0 Å². The lowest BCUT2D eigenvalue weighted by atomic mass is 9.95. The Morgan fingerprint density at radius 3 is 3.00 bits per heavy atom. The van der Waals surface area contributed by atoms with Crippen molar-refractivity contribution in [2.24, 2.45) is 10.7 Å². The molecule has 1 aliphatic rings. The van der Waals surface area contributed by atoms with Crippen LogP contribution in [-0.4, -0.2) is 35.4 Å². The van der Waals surface area contributed by atoms with E-state index in [1.54, 1.807) is 31.3 Å². The molecule has 0 bridgehead atoms. The van der Waals surface area contributed by atoms with E-state index in [-0.39, 0.29) is 12.6 Å². The summed E-state index contributed by atoms with van der Waals surface area (Å²) in [5.41, 5.74) is 11.2. The average Bonchev–Trinajstić information content (AvgIpc) is 3.12. The molecule has 4 N–H and O–H groups in total. The lowest BCUT2D eigenvalue weighted by Gasteiger charge is -2.16. The maximum atomic E-state index is 11.6. The van der Waals surface area contributed by atoms with Crippen molar-refractivity contribution >= 4 is 17.9 Å². The number of hydrogen-bond acceptors (Lipinski definition) is 8. The van der Waals surface area contributed by atoms with Crippen molar-refractivity contribution in [1.82, 2.24) is 10.3 Å². The molecule has 0 spiro atoms. The number of nitriles is 1. The van der Waals surface area contributed by atoms with Crippen LogP contribution in [-0.2, 0) is 11.3 Å². The zero-order valence-corrected chi connectivity index (χ0v) is 16.8. The number of cyclic esters (lactones) is 1. The summed E-state index contributed by atoms with van der Waals surface area (Å²) in [4.78, 5) is 20.0. The predicted molar refractivity (Wildman–Crippen MR) is 112 cm³/mol. The number of fused-ring (bicyclic) bond motifs is 1. The third-order valence-corrected chi connectivity index (χ3v) is 5.00. The summed E-state index contributed by atoms with van der Waals surface area (Å²) in [6.07, 6.45) is 3.84. The molecule has 1 atom stereocenters. The Kier molecular flexibility index (Phi) is 6.57. The van der Waals surface area contributed by atoms with Gasteiger partial charge in [0.05, 0.1) is 23.6 Å². The lowest BCUT2D eigenvalue weighted by Crippen LogP contribution is -2.25. The van der Waals surface area contributed by atoms with Gasteiger partial charge in [-0.1, -0.05) is 6.07 Å². The number of aliphatic hydroxyl groups excluding tert-OH is 1. The minimum Gasteiger partial charge on any atom is -0.457 e. The second kappa shape index (κ2) is 9.31. The molecule has 0 aliphatic carbocycles. The van der Waals surface area contributed by atoms with E-state index in [4.69, 9.17) is 15.7 Å². The van der Waals surface area contributed by atoms with Crippen molar-refractivity contribution in [3.05, 3.63) is 69.7 Å². The predicted octanol–water partition coefficient (Wildman–Crippen LogP) is 2.11. The number of aryl methyl sites for hydroxylation is 1. The molecule has 154 valence electrons. The molecule has 2 aromatic rings. The number of pyridine rings is 1. The topological polar surface area (TPSA) is 134 Å². The highest BCUT2D eigenvalue weighted by Gasteiger charge is 2.25. The number of benzene rings is 1. The third kappa shape index (κ3) is 4.54. The summed E-state index contributed by atoms with van der Waals surface area (Å²) in [6, 6.07) is 7.25. The molecule has 2 heterocycles. The van der Waals surface area contributed by atoms with Crippen LogP contribution in [0, 0.1) is 25.2 Å². The highest BCUT2D eigenvalue weighted by molar-refractivity contribution is 5.94. The first-order valence-corrected chi connectivity index (χ1v) is 9.44. The first kappa shape index (κ1) is 21.2. The van der Waals surface area contributed by atoms with Gasteiger partial charge < -0.3 is 20.9 Å². The number of rotatable bonds is 7. The van der Waals surface area contributed by atoms with Gasteiger partial charge >= 0.3 is 5.97 Å². The fraction of sp³-hybridized carbons (Fsp3) is 0.273. The van der Waals surface area contributed by atoms with E-state index < -0.39 is 6.10 Å². The molecule has 8 heteroatoms. The Morgan fingerprint density at radius 2 is 2.30 bits per heavy atom. The van der Waals surface area contributed by atoms with Crippen LogP contribution >= 0.6 is 0 Å². The van der Waals surface area contributed by atoms with Gasteiger partial charge in [0.1, 0.15) is 18.4 Å². The van der Waals surface area contributed by atoms with Gasteiger partial charge in [-0.05, 0) is 54.4 Å². The van der Waals surface area contributed by atoms with Crippen LogP contribution in [0.3, 0.4) is 0 Å². The number of nitrogens with two attached hydrogens (primary N) is 1. The van der Waals surface area contributed by atoms with Gasteiger partial charge in [-0.2, -0.15) is 5.26 Å². The van der Waals surface area contributed by atoms with Crippen LogP contribution in [0.1, 0.15) is 44.4 Å². The first-order valence-electron chi connectivity index (χ1n) is 9.44. The van der Waals surface area contributed by atoms with Crippen LogP contribution in [0.5, 0.6) is 0 Å². The summed E-state index contributed by atoms with van der Waals surface area (Å²) in [5, 5.41) is 22.7. The third-order valence-electron chi connectivity index (χ3n) is 5.00. The molecule has 0 fully saturated rings. The van der Waals surface area contributed by atoms with E-state index in [1.807, 2.05) is 13.0 Å². The molecule has 0 saturated carbocycles. The number of aliphatic imine (C=N–C) groups is 1. The van der Waals surface area contributed by atoms with Crippen molar-refractivity contribution in [3.8, 4) is 6.07 Å². The second-order valence-electron chi connectivity index (χ2n) is 7.00. The molecule has 3 rings (SSSR count). The van der Waals surface area contributed by atoms with Gasteiger partial charge in [-0.3, -0.25) is 4.99 Å². The molecule has 0 saturated heterocycles. The van der Waals surface area contributed by atoms with Gasteiger partial charge in [0, 0.05) is 24.9 Å². The van der Waals surface area contributed by atoms with Gasteiger partial charge in [0.15, 0.2) is 0 Å². The van der Waals surface area contributed by atoms with Gasteiger partial charge in [0.25, 0.3) is 0 Å². The maximum Gasteiger partial charge on any atom is 0.338 e. The Morgan fingerprint density at radius 1 is 1.50 bits per heavy atom. The van der Waals surface area contributed by atoms with E-state index in [9.17, 15) is 9.90 Å². The quantitative estimate of drug-likeness (QED) is 0.474. The molecule has 1 aromatic heterocycles. The van der Waals surface area contributed by atoms with E-state index in [1.165, 1.54) is 12.4 Å². The number of ether oxygens (including phenoxy) is 1. The number of nitrogens with one attached hydrogen (secondary N) is 1. The van der Waals surface area contributed by atoms with Gasteiger partial charge in [-0.15, -0.1) is 0 Å². The van der Waals surface area contributed by atoms with E-state index in [0.29, 0.717) is 30.0 Å². The smallest absolute Gasteiger partial charge is 0.338 e. The van der Waals surface area contributed by atoms with Crippen molar-refractivity contribution in [1.29, 1.82) is 5.26 Å². The minimum absolute atomic E-state index is 0.244. The van der Waals surface area contributed by atoms with Crippen LogP contribution in [0.15, 0.2) is 41.2 Å². The Balaban J connectivity index is 1.58. The lowest BCUT2D eigenvalue weighted by molar-refractivity contribution is 0.0535. The molecular formula is C22H23N5O3. The fourth-order valence-corrected chi connectivity index (χ4v) is 3.24. The number of nitrogens with zero attached hydrogens (tertiary/aromatic N) is 3. The van der Waals surface area contributed by atoms with Crippen LogP contribution in [0.4, 0.5) is 5.69 Å². The highest BCUT2D eigenvalue weighted by Crippen LogP contribution is 2.28. The second-order valence-corrected chi connectivity index (χ2v) is 7.00. The SMILES string of the molecule is Cc1cc(N=CC(=CN)CNC[C@H](O)c2ccc3c(c2C)COC3=O)cnc1C#N. The molecule has 30 heavy (non-hydrogen) atoms. The zero-order chi connectivity index (χ0) is 21.7. The van der Waals surface area contributed by atoms with Gasteiger partial charge in [-0.25, -0.2) is 9.78 Å². The highest BCUT2D eigenvalue weighted by atomic mass is 16.5. The average molecular weight is 405 g/mol. The van der Waals surface area contributed by atoms with E-state index >= 15 is 0 Å². The molecule has 0 radical (unpaired) electrons. The summed E-state index contributed by atoms with van der Waals surface area (Å²) < 4.78 is 5.06. The Labute approximate surface area is 174 Å². The number of aromatic nitrogens is 1. The monoisotopic (exact) mass is 405 g/mol. The summed E-state index contributed by atoms with van der Waals surface area (Å²) in [6.45, 7) is 4.64. The van der Waals surface area contributed by atoms with Crippen molar-refractivity contribution in [2.75, 3.05) is 13.1 Å². The standard InChI is InChI=1S/C22H23N5O3/c1-13-5-16(10-27-20(13)7-24)26-9-15(6-23)8-25-11-21(28)17-3-4-18-19(14(17)2)12-30-22(18)29/h3-6,9-10,21,25,28H,8,11-12,23H2,1-2H3/t21-/m0/s1. The first-order chi connectivity index (χ1) is 14.4. The molecule has 0 unspecified atom stereocenters. The number of aliphatic hydroxyl groups is 1. The normalized spacial score (nSPS) is 14.5. The summed E-state index contributed by atoms with van der Waals surface area (Å²) in [7, 11) is 0. The number of carbonyl (C=O) groups excluding carboxylic acids is 1. The Hall–Kier alpha value is -3.54. The van der Waals surface area contributed by atoms with E-state index in [2.05, 4.69) is 15.3 Å². The summed E-state index contributed by atoms with van der Waals surface area (Å²) in [5.74, 6) is -0.322. The molecule has 8 nitrogen and oxygen atoms in total. The summed E-state index contributed by atoms with van der Waals surface area (Å²) >= 11 is 0. The van der Waals surface area contributed by atoms with Crippen LogP contribution in [0.25, 0.3) is 0 Å². The largest absolute Gasteiger partial charge is 0.457 e. The molecule has 1 aromatic carbocycles. The number of carbonyl (C=O) groups is 1. The van der Waals surface area contributed by atoms with E-state index in [0.717, 1.165) is 27.8 Å². The van der Waals surface area contributed by atoms with Crippen molar-refractivity contribution < 1.29 is 14.6 Å². The molecule has 0 amide bonds.